The molecule has 0 spiro atoms. The number of rotatable bonds is 8. The number of likely N-dealkylation sites (N-methyl/N-ethyl adjacent to an activating group) is 1. The van der Waals surface area contributed by atoms with E-state index in [0.29, 0.717) is 12.2 Å². The molecule has 0 radical (unpaired) electrons. The molecule has 0 fully saturated rings. The molecule has 1 rings (SSSR count). The number of benzene rings is 1. The lowest BCUT2D eigenvalue weighted by Crippen LogP contribution is -2.40. The van der Waals surface area contributed by atoms with E-state index < -0.39 is 16.2 Å². The third-order valence-electron chi connectivity index (χ3n) is 2.78. The van der Waals surface area contributed by atoms with Crippen LogP contribution in [-0.2, 0) is 21.3 Å². The summed E-state index contributed by atoms with van der Waals surface area (Å²) in [5.41, 5.74) is 6.61. The van der Waals surface area contributed by atoms with Gasteiger partial charge in [0.05, 0.1) is 18.4 Å². The van der Waals surface area contributed by atoms with Gasteiger partial charge in [0, 0.05) is 7.05 Å². The van der Waals surface area contributed by atoms with E-state index in [9.17, 15) is 13.2 Å². The Labute approximate surface area is 129 Å². The summed E-state index contributed by atoms with van der Waals surface area (Å²) in [6, 6.07) is 6.43. The van der Waals surface area contributed by atoms with E-state index in [4.69, 9.17) is 15.0 Å². The van der Waals surface area contributed by atoms with Crippen LogP contribution in [0.3, 0.4) is 0 Å². The predicted octanol–water partition coefficient (Wildman–Crippen LogP) is -0.866. The highest BCUT2D eigenvalue weighted by atomic mass is 32.2. The Balaban J connectivity index is 0.00000441. The van der Waals surface area contributed by atoms with Crippen molar-refractivity contribution in [2.45, 2.75) is 18.9 Å². The SMILES string of the molecule is CNC(=O)[C@@H](N)Cc1ccc(OCCCS(=O)(=O)O)cc1.O. The van der Waals surface area contributed by atoms with Gasteiger partial charge in [-0.3, -0.25) is 9.35 Å². The van der Waals surface area contributed by atoms with Gasteiger partial charge >= 0.3 is 0 Å². The van der Waals surface area contributed by atoms with Crippen molar-refractivity contribution >= 4 is 16.0 Å². The summed E-state index contributed by atoms with van der Waals surface area (Å²) in [5.74, 6) is 0.0367. The minimum absolute atomic E-state index is 0. The minimum Gasteiger partial charge on any atom is -0.494 e. The molecular formula is C13H22N2O6S. The summed E-state index contributed by atoms with van der Waals surface area (Å²) in [5, 5.41) is 2.48. The average molecular weight is 334 g/mol. The number of nitrogens with one attached hydrogen (secondary N) is 1. The average Bonchev–Trinajstić information content (AvgIpc) is 2.43. The highest BCUT2D eigenvalue weighted by Crippen LogP contribution is 2.13. The Morgan fingerprint density at radius 3 is 2.45 bits per heavy atom. The topological polar surface area (TPSA) is 150 Å². The molecule has 9 heteroatoms. The van der Waals surface area contributed by atoms with Gasteiger partial charge in [-0.25, -0.2) is 0 Å². The molecule has 1 amide bonds. The highest BCUT2D eigenvalue weighted by molar-refractivity contribution is 7.85. The second-order valence-corrected chi connectivity index (χ2v) is 6.13. The third kappa shape index (κ3) is 7.93. The Kier molecular flexibility index (Phi) is 8.65. The van der Waals surface area contributed by atoms with Gasteiger partial charge in [-0.1, -0.05) is 12.1 Å². The van der Waals surface area contributed by atoms with E-state index in [1.165, 1.54) is 7.05 Å². The Morgan fingerprint density at radius 1 is 1.36 bits per heavy atom. The first-order valence-corrected chi connectivity index (χ1v) is 8.07. The fraction of sp³-hybridized carbons (Fsp3) is 0.462. The van der Waals surface area contributed by atoms with E-state index >= 15 is 0 Å². The van der Waals surface area contributed by atoms with Crippen molar-refractivity contribution < 1.29 is 28.0 Å². The molecule has 1 atom stereocenters. The Bertz CT molecular complexity index is 558. The molecule has 0 aliphatic rings. The molecule has 0 saturated heterocycles. The van der Waals surface area contributed by atoms with Gasteiger partial charge in [-0.2, -0.15) is 8.42 Å². The zero-order chi connectivity index (χ0) is 15.9. The van der Waals surface area contributed by atoms with Crippen molar-refractivity contribution in [1.82, 2.24) is 5.32 Å². The molecule has 0 saturated carbocycles. The van der Waals surface area contributed by atoms with Crippen LogP contribution in [0.5, 0.6) is 5.75 Å². The maximum atomic E-state index is 11.3. The number of hydrogen-bond acceptors (Lipinski definition) is 5. The summed E-state index contributed by atoms with van der Waals surface area (Å²) in [7, 11) is -2.41. The van der Waals surface area contributed by atoms with Gasteiger partial charge in [-0.15, -0.1) is 0 Å². The third-order valence-corrected chi connectivity index (χ3v) is 3.58. The van der Waals surface area contributed by atoms with Crippen LogP contribution >= 0.6 is 0 Å². The molecule has 0 unspecified atom stereocenters. The van der Waals surface area contributed by atoms with Crippen molar-refractivity contribution in [3.8, 4) is 5.75 Å². The quantitative estimate of drug-likeness (QED) is 0.415. The highest BCUT2D eigenvalue weighted by Gasteiger charge is 2.12. The number of nitrogens with two attached hydrogens (primary N) is 1. The molecular weight excluding hydrogens is 312 g/mol. The zero-order valence-electron chi connectivity index (χ0n) is 12.3. The summed E-state index contributed by atoms with van der Waals surface area (Å²) >= 11 is 0. The molecule has 1 aromatic rings. The smallest absolute Gasteiger partial charge is 0.264 e. The number of hydrogen-bond donors (Lipinski definition) is 3. The normalized spacial score (nSPS) is 12.1. The zero-order valence-corrected chi connectivity index (χ0v) is 13.1. The van der Waals surface area contributed by atoms with Gasteiger partial charge in [-0.05, 0) is 30.5 Å². The Morgan fingerprint density at radius 2 is 1.95 bits per heavy atom. The maximum absolute atomic E-state index is 11.3. The predicted molar refractivity (Wildman–Crippen MR) is 82.3 cm³/mol. The molecule has 6 N–H and O–H groups in total. The van der Waals surface area contributed by atoms with Crippen molar-refractivity contribution in [2.24, 2.45) is 5.73 Å². The van der Waals surface area contributed by atoms with Crippen LogP contribution < -0.4 is 15.8 Å². The fourth-order valence-corrected chi connectivity index (χ4v) is 2.17. The lowest BCUT2D eigenvalue weighted by atomic mass is 10.1. The van der Waals surface area contributed by atoms with Crippen molar-refractivity contribution in [3.05, 3.63) is 29.8 Å². The molecule has 1 aromatic carbocycles. The first kappa shape index (κ1) is 20.3. The minimum atomic E-state index is -3.94. The maximum Gasteiger partial charge on any atom is 0.264 e. The van der Waals surface area contributed by atoms with E-state index in [2.05, 4.69) is 5.32 Å². The van der Waals surface area contributed by atoms with Crippen LogP contribution in [0.2, 0.25) is 0 Å². The standard InChI is InChI=1S/C13H20N2O5S.H2O/c1-15-13(16)12(14)9-10-3-5-11(6-4-10)20-7-2-8-21(17,18)19;/h3-6,12H,2,7-9,14H2,1H3,(H,15,16)(H,17,18,19);1H2/t12-;/m0./s1. The Hall–Kier alpha value is -1.68. The van der Waals surface area contributed by atoms with Crippen molar-refractivity contribution in [1.29, 1.82) is 0 Å². The molecule has 126 valence electrons. The summed E-state index contributed by atoms with van der Waals surface area (Å²) < 4.78 is 35.0. The van der Waals surface area contributed by atoms with Crippen LogP contribution in [0.1, 0.15) is 12.0 Å². The first-order valence-electron chi connectivity index (χ1n) is 6.46. The van der Waals surface area contributed by atoms with Crippen molar-refractivity contribution in [3.63, 3.8) is 0 Å². The molecule has 22 heavy (non-hydrogen) atoms. The van der Waals surface area contributed by atoms with Crippen LogP contribution in [0.25, 0.3) is 0 Å². The fourth-order valence-electron chi connectivity index (χ4n) is 1.69. The first-order chi connectivity index (χ1) is 9.81. The van der Waals surface area contributed by atoms with Crippen LogP contribution in [0.15, 0.2) is 24.3 Å². The van der Waals surface area contributed by atoms with E-state index in [1.807, 2.05) is 0 Å². The van der Waals surface area contributed by atoms with Gasteiger partial charge in [0.25, 0.3) is 10.1 Å². The molecule has 0 aliphatic carbocycles. The van der Waals surface area contributed by atoms with E-state index in [1.54, 1.807) is 24.3 Å². The van der Waals surface area contributed by atoms with Gasteiger partial charge in [0.1, 0.15) is 5.75 Å². The molecule has 0 aliphatic heterocycles. The monoisotopic (exact) mass is 334 g/mol. The largest absolute Gasteiger partial charge is 0.494 e. The van der Waals surface area contributed by atoms with Gasteiger partial charge in [0.15, 0.2) is 0 Å². The van der Waals surface area contributed by atoms with Crippen LogP contribution in [0, 0.1) is 0 Å². The summed E-state index contributed by atoms with van der Waals surface area (Å²) in [4.78, 5) is 11.3. The van der Waals surface area contributed by atoms with Gasteiger partial charge in [0.2, 0.25) is 5.91 Å². The number of carbonyl (C=O) groups is 1. The number of ether oxygens (including phenoxy) is 1. The summed E-state index contributed by atoms with van der Waals surface area (Å²) in [6.45, 7) is 0.191. The lowest BCUT2D eigenvalue weighted by molar-refractivity contribution is -0.121. The van der Waals surface area contributed by atoms with E-state index in [-0.39, 0.29) is 30.2 Å². The van der Waals surface area contributed by atoms with Crippen LogP contribution in [-0.4, -0.2) is 49.8 Å². The molecule has 8 nitrogen and oxygen atoms in total. The van der Waals surface area contributed by atoms with Crippen molar-refractivity contribution in [2.75, 3.05) is 19.4 Å². The number of amides is 1. The van der Waals surface area contributed by atoms with Crippen LogP contribution in [0.4, 0.5) is 0 Å². The second-order valence-electron chi connectivity index (χ2n) is 4.56. The molecule has 0 bridgehead atoms. The second kappa shape index (κ2) is 9.36. The summed E-state index contributed by atoms with van der Waals surface area (Å²) in [6.07, 6.45) is 0.630. The van der Waals surface area contributed by atoms with Gasteiger partial charge < -0.3 is 21.3 Å². The lowest BCUT2D eigenvalue weighted by Gasteiger charge is -2.11. The molecule has 0 aromatic heterocycles. The number of carbonyl (C=O) groups excluding carboxylic acids is 1. The molecule has 0 heterocycles. The van der Waals surface area contributed by atoms with E-state index in [0.717, 1.165) is 5.56 Å².